The van der Waals surface area contributed by atoms with E-state index in [0.717, 1.165) is 22.3 Å². The minimum atomic E-state index is -1.22. The molecule has 2 heterocycles. The summed E-state index contributed by atoms with van der Waals surface area (Å²) in [7, 11) is 0. The van der Waals surface area contributed by atoms with E-state index in [1.165, 1.54) is 29.2 Å². The molecule has 364 valence electrons. The van der Waals surface area contributed by atoms with E-state index >= 15 is 0 Å². The molecule has 18 nitrogen and oxygen atoms in total. The fourth-order valence-corrected chi connectivity index (χ4v) is 7.76. The molecule has 0 aromatic heterocycles. The van der Waals surface area contributed by atoms with Crippen molar-refractivity contribution < 1.29 is 37.5 Å². The lowest BCUT2D eigenvalue weighted by atomic mass is 9.93. The second-order valence-electron chi connectivity index (χ2n) is 16.5. The first-order chi connectivity index (χ1) is 32.8. The normalized spacial score (nSPS) is 15.7. The van der Waals surface area contributed by atoms with Crippen LogP contribution < -0.4 is 26.6 Å². The SMILES string of the molecule is CC(C)(C)OC(=O)N1Cc2ccccc2C[C@H]1C(=O)N[C@@H](CCN=[N+]=[N-])C(=O)Nc1ccc(Cl)c(Cl)c1F.[N-]=[N+]=NCC[C@H](NC(=O)[C@@H]1Cc2ccccc2CN1)C(=O)Nc1ccc(Cl)c(Cl)c1F. The van der Waals surface area contributed by atoms with Crippen molar-refractivity contribution in [2.45, 2.75) is 89.3 Å². The van der Waals surface area contributed by atoms with Gasteiger partial charge in [-0.2, -0.15) is 0 Å². The molecule has 0 saturated carbocycles. The van der Waals surface area contributed by atoms with Crippen molar-refractivity contribution in [3.8, 4) is 0 Å². The van der Waals surface area contributed by atoms with Crippen LogP contribution in [0.2, 0.25) is 20.1 Å². The number of hydrogen-bond donors (Lipinski definition) is 5. The number of anilines is 2. The van der Waals surface area contributed by atoms with Gasteiger partial charge in [0.2, 0.25) is 23.6 Å². The van der Waals surface area contributed by atoms with Crippen LogP contribution >= 0.6 is 46.4 Å². The molecule has 69 heavy (non-hydrogen) atoms. The molecule has 0 unspecified atom stereocenters. The lowest BCUT2D eigenvalue weighted by Crippen LogP contribution is -2.56. The molecule has 5 N–H and O–H groups in total. The van der Waals surface area contributed by atoms with Gasteiger partial charge in [-0.25, -0.2) is 13.6 Å². The van der Waals surface area contributed by atoms with E-state index in [4.69, 9.17) is 62.2 Å². The van der Waals surface area contributed by atoms with Crippen LogP contribution in [0.4, 0.5) is 25.0 Å². The monoisotopic (exact) mass is 1030 g/mol. The highest BCUT2D eigenvalue weighted by Crippen LogP contribution is 2.32. The number of benzene rings is 4. The number of nitrogens with zero attached hydrogens (tertiary/aromatic N) is 7. The zero-order valence-corrected chi connectivity index (χ0v) is 40.3. The highest BCUT2D eigenvalue weighted by atomic mass is 35.5. The van der Waals surface area contributed by atoms with E-state index in [2.05, 4.69) is 46.6 Å². The minimum Gasteiger partial charge on any atom is -0.444 e. The summed E-state index contributed by atoms with van der Waals surface area (Å²) >= 11 is 23.2. The minimum absolute atomic E-state index is 0.00836. The van der Waals surface area contributed by atoms with Crippen LogP contribution in [0.5, 0.6) is 0 Å². The summed E-state index contributed by atoms with van der Waals surface area (Å²) in [6.45, 7) is 5.66. The molecule has 2 aliphatic heterocycles. The van der Waals surface area contributed by atoms with Gasteiger partial charge in [-0.15, -0.1) is 0 Å². The number of halogens is 6. The van der Waals surface area contributed by atoms with E-state index in [1.807, 2.05) is 48.5 Å². The third kappa shape index (κ3) is 14.8. The maximum absolute atomic E-state index is 14.5. The van der Waals surface area contributed by atoms with Gasteiger partial charge in [0.15, 0.2) is 11.6 Å². The molecular formula is C45H46Cl4F2N12O6. The summed E-state index contributed by atoms with van der Waals surface area (Å²) in [5.74, 6) is -4.27. The Labute approximate surface area is 415 Å². The number of carbonyl (C=O) groups is 5. The number of fused-ring (bicyclic) bond motifs is 2. The number of carbonyl (C=O) groups excluding carboxylic acids is 5. The molecule has 6 rings (SSSR count). The second-order valence-corrected chi connectivity index (χ2v) is 18.1. The molecule has 0 radical (unpaired) electrons. The Hall–Kier alpha value is -6.37. The smallest absolute Gasteiger partial charge is 0.411 e. The summed E-state index contributed by atoms with van der Waals surface area (Å²) in [5, 5.41) is 19.3. The van der Waals surface area contributed by atoms with Gasteiger partial charge in [0.25, 0.3) is 0 Å². The van der Waals surface area contributed by atoms with E-state index in [0.29, 0.717) is 13.0 Å². The Kier molecular flexibility index (Phi) is 19.2. The van der Waals surface area contributed by atoms with Gasteiger partial charge in [-0.05, 0) is 97.6 Å². The van der Waals surface area contributed by atoms with E-state index in [9.17, 15) is 32.8 Å². The second kappa shape index (κ2) is 24.8. The third-order valence-electron chi connectivity index (χ3n) is 10.6. The van der Waals surface area contributed by atoms with Crippen LogP contribution in [0.3, 0.4) is 0 Å². The summed E-state index contributed by atoms with van der Waals surface area (Å²) in [6, 6.07) is 16.5. The zero-order valence-electron chi connectivity index (χ0n) is 37.2. The van der Waals surface area contributed by atoms with Crippen molar-refractivity contribution in [3.05, 3.63) is 148 Å². The van der Waals surface area contributed by atoms with Crippen molar-refractivity contribution in [2.24, 2.45) is 10.2 Å². The van der Waals surface area contributed by atoms with Crippen LogP contribution in [0, 0.1) is 11.6 Å². The van der Waals surface area contributed by atoms with Gasteiger partial charge in [-0.1, -0.05) is 105 Å². The van der Waals surface area contributed by atoms with Crippen molar-refractivity contribution in [1.82, 2.24) is 20.9 Å². The van der Waals surface area contributed by atoms with Gasteiger partial charge in [0.1, 0.15) is 23.7 Å². The van der Waals surface area contributed by atoms with Gasteiger partial charge in [0, 0.05) is 35.9 Å². The molecule has 0 aliphatic carbocycles. The van der Waals surface area contributed by atoms with Crippen LogP contribution in [0.25, 0.3) is 20.9 Å². The number of amides is 5. The average Bonchev–Trinajstić information content (AvgIpc) is 3.32. The lowest BCUT2D eigenvalue weighted by Gasteiger charge is -2.37. The average molecular weight is 1030 g/mol. The first-order valence-electron chi connectivity index (χ1n) is 21.2. The van der Waals surface area contributed by atoms with E-state index in [1.54, 1.807) is 20.8 Å². The zero-order chi connectivity index (χ0) is 50.4. The van der Waals surface area contributed by atoms with Crippen LogP contribution in [0.15, 0.2) is 83.0 Å². The number of hydrogen-bond acceptors (Lipinski definition) is 9. The molecule has 0 saturated heterocycles. The fourth-order valence-electron chi connectivity index (χ4n) is 7.13. The molecule has 24 heteroatoms. The first-order valence-corrected chi connectivity index (χ1v) is 22.7. The summed E-state index contributed by atoms with van der Waals surface area (Å²) in [6.07, 6.45) is -0.0736. The highest BCUT2D eigenvalue weighted by Gasteiger charge is 2.38. The van der Waals surface area contributed by atoms with Crippen molar-refractivity contribution >= 4 is 87.5 Å². The molecule has 2 aliphatic rings. The Morgan fingerprint density at radius 3 is 1.68 bits per heavy atom. The molecule has 4 atom stereocenters. The van der Waals surface area contributed by atoms with Crippen molar-refractivity contribution in [2.75, 3.05) is 23.7 Å². The van der Waals surface area contributed by atoms with E-state index < -0.39 is 65.2 Å². The van der Waals surface area contributed by atoms with Crippen LogP contribution in [-0.4, -0.2) is 77.5 Å². The lowest BCUT2D eigenvalue weighted by molar-refractivity contribution is -0.130. The Balaban J connectivity index is 0.000000263. The fraction of sp³-hybridized carbons (Fsp3) is 0.356. The largest absolute Gasteiger partial charge is 0.444 e. The van der Waals surface area contributed by atoms with Gasteiger partial charge in [0.05, 0.1) is 44.1 Å². The van der Waals surface area contributed by atoms with E-state index in [-0.39, 0.29) is 76.3 Å². The Morgan fingerprint density at radius 1 is 0.725 bits per heavy atom. The van der Waals surface area contributed by atoms with Crippen molar-refractivity contribution in [3.63, 3.8) is 0 Å². The van der Waals surface area contributed by atoms with Gasteiger partial charge in [-0.3, -0.25) is 24.1 Å². The maximum atomic E-state index is 14.5. The molecule has 4 aromatic carbocycles. The summed E-state index contributed by atoms with van der Waals surface area (Å²) in [4.78, 5) is 71.8. The molecular weight excluding hydrogens is 984 g/mol. The van der Waals surface area contributed by atoms with Crippen molar-refractivity contribution in [1.29, 1.82) is 0 Å². The van der Waals surface area contributed by atoms with Crippen LogP contribution in [0.1, 0.15) is 55.9 Å². The quantitative estimate of drug-likeness (QED) is 0.0353. The number of nitrogens with one attached hydrogen (secondary N) is 5. The molecule has 0 fully saturated rings. The topological polar surface area (TPSA) is 255 Å². The number of ether oxygens (including phenoxy) is 1. The standard InChI is InChI=1S/C25H27Cl2FN6O4.C20H19Cl2FN6O2/c1-25(2,3)38-24(37)34-13-15-7-5-4-6-14(15)12-19(34)23(36)32-18(10-11-30-33-29)22(35)31-17-9-8-16(26)20(27)21(17)28;21-13-5-6-14(18(23)17(13)22)27-19(30)15(7-8-26-29-24)28-20(31)16-9-11-3-1-2-4-12(11)10-25-16/h4-9,18-19H,10-13H2,1-3H3,(H,31,35)(H,32,36);1-6,15-16,25H,7-10H2,(H,27,30)(H,28,31)/t18-,19-;15-,16-/m00/s1. The molecule has 0 spiro atoms. The first kappa shape index (κ1) is 53.6. The molecule has 0 bridgehead atoms. The Morgan fingerprint density at radius 2 is 1.19 bits per heavy atom. The van der Waals surface area contributed by atoms with Crippen LogP contribution in [-0.2, 0) is 49.8 Å². The highest BCUT2D eigenvalue weighted by molar-refractivity contribution is 6.42. The van der Waals surface area contributed by atoms with Gasteiger partial charge >= 0.3 is 6.09 Å². The molecule has 5 amide bonds. The molecule has 4 aromatic rings. The summed E-state index contributed by atoms with van der Waals surface area (Å²) in [5.41, 5.74) is 19.9. The van der Waals surface area contributed by atoms with Gasteiger partial charge < -0.3 is 31.3 Å². The third-order valence-corrected chi connectivity index (χ3v) is 12.2. The summed E-state index contributed by atoms with van der Waals surface area (Å²) < 4.78 is 34.3. The number of azide groups is 2. The predicted molar refractivity (Wildman–Crippen MR) is 258 cm³/mol. The number of rotatable bonds is 14. The predicted octanol–water partition coefficient (Wildman–Crippen LogP) is 9.59. The Bertz CT molecular complexity index is 2680. The maximum Gasteiger partial charge on any atom is 0.411 e.